The van der Waals surface area contributed by atoms with E-state index in [9.17, 15) is 8.42 Å². The molecule has 0 bridgehead atoms. The predicted octanol–water partition coefficient (Wildman–Crippen LogP) is 4.26. The first-order valence-electron chi connectivity index (χ1n) is 11.7. The van der Waals surface area contributed by atoms with Crippen LogP contribution in [0.2, 0.25) is 0 Å². The summed E-state index contributed by atoms with van der Waals surface area (Å²) in [6.45, 7) is 5.57. The van der Waals surface area contributed by atoms with E-state index in [1.807, 2.05) is 30.3 Å². The second-order valence-electron chi connectivity index (χ2n) is 9.01. The Hall–Kier alpha value is -3.66. The van der Waals surface area contributed by atoms with E-state index in [1.165, 1.54) is 4.31 Å². The summed E-state index contributed by atoms with van der Waals surface area (Å²) in [5, 5.41) is 4.12. The number of aromatic nitrogens is 4. The third kappa shape index (κ3) is 4.66. The maximum Gasteiger partial charge on any atom is 0.266 e. The summed E-state index contributed by atoms with van der Waals surface area (Å²) in [7, 11) is -3.85. The van der Waals surface area contributed by atoms with Crippen LogP contribution >= 0.6 is 0 Å². The van der Waals surface area contributed by atoms with Crippen molar-refractivity contribution in [1.29, 1.82) is 0 Å². The second kappa shape index (κ2) is 9.53. The smallest absolute Gasteiger partial charge is 0.266 e. The van der Waals surface area contributed by atoms with E-state index in [0.717, 1.165) is 12.1 Å². The van der Waals surface area contributed by atoms with Gasteiger partial charge in [0.25, 0.3) is 15.9 Å². The highest BCUT2D eigenvalue weighted by molar-refractivity contribution is 7.93. The van der Waals surface area contributed by atoms with Crippen LogP contribution < -0.4 is 9.21 Å². The number of para-hydroxylation sites is 2. The summed E-state index contributed by atoms with van der Waals surface area (Å²) in [5.41, 5.74) is 2.69. The lowest BCUT2D eigenvalue weighted by molar-refractivity contribution is 0.419. The summed E-state index contributed by atoms with van der Waals surface area (Å²) < 4.78 is 34.9. The molecule has 0 aliphatic carbocycles. The number of sulfonamides is 1. The number of hydrogen-bond donors (Lipinski definition) is 1. The molecule has 0 atom stereocenters. The number of nitrogens with zero attached hydrogens (tertiary/aromatic N) is 5. The van der Waals surface area contributed by atoms with Gasteiger partial charge in [0.2, 0.25) is 0 Å². The first-order valence-corrected chi connectivity index (χ1v) is 13.1. The van der Waals surface area contributed by atoms with Crippen LogP contribution in [0.1, 0.15) is 31.8 Å². The number of fused-ring (bicyclic) bond motifs is 1. The molecule has 0 radical (unpaired) electrons. The zero-order valence-electron chi connectivity index (χ0n) is 19.8. The molecule has 0 saturated heterocycles. The van der Waals surface area contributed by atoms with Gasteiger partial charge in [-0.1, -0.05) is 43.3 Å². The number of H-pyrrole nitrogens is 1. The second-order valence-corrected chi connectivity index (χ2v) is 10.8. The van der Waals surface area contributed by atoms with Gasteiger partial charge in [-0.05, 0) is 36.6 Å². The van der Waals surface area contributed by atoms with Crippen LogP contribution in [0.5, 0.6) is 0 Å². The van der Waals surface area contributed by atoms with Crippen molar-refractivity contribution >= 4 is 21.4 Å². The van der Waals surface area contributed by atoms with E-state index < -0.39 is 10.0 Å². The molecule has 2 aromatic heterocycles. The standard InChI is InChI=1S/C25H28N6O3S/c1-18(2)11-12-24-28-25(34-29-24)20-7-3-4-8-21(20)31-14-13-30(16-19-15-26-17-27-19)22-9-5-6-10-23(22)35(31,32)33/h3-10,15,17-18H,11-14,16H2,1-2H3,(H,26,27). The van der Waals surface area contributed by atoms with Crippen molar-refractivity contribution in [2.75, 3.05) is 22.3 Å². The van der Waals surface area contributed by atoms with Gasteiger partial charge in [0.1, 0.15) is 4.90 Å². The predicted molar refractivity (Wildman–Crippen MR) is 134 cm³/mol. The molecular weight excluding hydrogens is 464 g/mol. The normalized spacial score (nSPS) is 15.3. The van der Waals surface area contributed by atoms with Gasteiger partial charge in [-0.2, -0.15) is 4.98 Å². The van der Waals surface area contributed by atoms with E-state index in [-0.39, 0.29) is 11.4 Å². The van der Waals surface area contributed by atoms with Gasteiger partial charge >= 0.3 is 0 Å². The quantitative estimate of drug-likeness (QED) is 0.410. The molecule has 3 heterocycles. The van der Waals surface area contributed by atoms with Gasteiger partial charge in [0.15, 0.2) is 5.82 Å². The van der Waals surface area contributed by atoms with Crippen LogP contribution in [0.15, 0.2) is 70.5 Å². The summed E-state index contributed by atoms with van der Waals surface area (Å²) >= 11 is 0. The van der Waals surface area contributed by atoms with Gasteiger partial charge < -0.3 is 14.4 Å². The number of rotatable bonds is 7. The zero-order valence-corrected chi connectivity index (χ0v) is 20.6. The fourth-order valence-electron chi connectivity index (χ4n) is 4.25. The molecule has 10 heteroatoms. The minimum Gasteiger partial charge on any atom is -0.363 e. The number of hydrogen-bond acceptors (Lipinski definition) is 7. The summed E-state index contributed by atoms with van der Waals surface area (Å²) in [6, 6.07) is 14.4. The molecule has 5 rings (SSSR count). The molecule has 1 aliphatic heterocycles. The highest BCUT2D eigenvalue weighted by Gasteiger charge is 2.34. The van der Waals surface area contributed by atoms with Crippen LogP contribution in [0.3, 0.4) is 0 Å². The fraction of sp³-hybridized carbons (Fsp3) is 0.320. The Balaban J connectivity index is 1.53. The SMILES string of the molecule is CC(C)CCc1noc(-c2ccccc2N2CCN(Cc3cnc[nH]3)c3ccccc3S2(=O)=O)n1. The van der Waals surface area contributed by atoms with E-state index in [0.29, 0.717) is 54.1 Å². The Kier molecular flexibility index (Phi) is 6.29. The molecule has 0 fully saturated rings. The van der Waals surface area contributed by atoms with Gasteiger partial charge in [-0.3, -0.25) is 4.31 Å². The van der Waals surface area contributed by atoms with Crippen LogP contribution in [0.4, 0.5) is 11.4 Å². The van der Waals surface area contributed by atoms with E-state index in [4.69, 9.17) is 4.52 Å². The molecule has 1 aliphatic rings. The van der Waals surface area contributed by atoms with Gasteiger partial charge in [-0.25, -0.2) is 13.4 Å². The lowest BCUT2D eigenvalue weighted by Crippen LogP contribution is -2.35. The molecule has 1 N–H and O–H groups in total. The molecule has 4 aromatic rings. The highest BCUT2D eigenvalue weighted by atomic mass is 32.2. The lowest BCUT2D eigenvalue weighted by atomic mass is 10.1. The topological polar surface area (TPSA) is 108 Å². The molecule has 0 amide bonds. The fourth-order valence-corrected chi connectivity index (χ4v) is 5.94. The minimum atomic E-state index is -3.85. The maximum absolute atomic E-state index is 14.0. The molecule has 35 heavy (non-hydrogen) atoms. The first kappa shape index (κ1) is 23.1. The number of benzene rings is 2. The Morgan fingerprint density at radius 1 is 1.06 bits per heavy atom. The largest absolute Gasteiger partial charge is 0.363 e. The van der Waals surface area contributed by atoms with Gasteiger partial charge in [0.05, 0.1) is 42.0 Å². The molecular formula is C25H28N6O3S. The Bertz CT molecular complexity index is 1400. The first-order chi connectivity index (χ1) is 16.9. The third-order valence-corrected chi connectivity index (χ3v) is 7.94. The van der Waals surface area contributed by atoms with Crippen molar-refractivity contribution in [3.63, 3.8) is 0 Å². The minimum absolute atomic E-state index is 0.259. The molecule has 0 unspecified atom stereocenters. The van der Waals surface area contributed by atoms with E-state index >= 15 is 0 Å². The van der Waals surface area contributed by atoms with Crippen molar-refractivity contribution in [3.05, 3.63) is 72.6 Å². The van der Waals surface area contributed by atoms with Gasteiger partial charge in [0, 0.05) is 19.2 Å². The maximum atomic E-state index is 14.0. The number of anilines is 2. The van der Waals surface area contributed by atoms with E-state index in [2.05, 4.69) is 38.9 Å². The molecule has 0 saturated carbocycles. The lowest BCUT2D eigenvalue weighted by Gasteiger charge is -2.24. The number of imidazole rings is 1. The van der Waals surface area contributed by atoms with Crippen molar-refractivity contribution in [2.45, 2.75) is 38.1 Å². The summed E-state index contributed by atoms with van der Waals surface area (Å²) in [6.07, 6.45) is 5.03. The third-order valence-electron chi connectivity index (χ3n) is 6.08. The molecule has 182 valence electrons. The van der Waals surface area contributed by atoms with Crippen LogP contribution in [-0.2, 0) is 23.0 Å². The van der Waals surface area contributed by atoms with Crippen LogP contribution in [0, 0.1) is 5.92 Å². The van der Waals surface area contributed by atoms with Crippen LogP contribution in [-0.4, -0.2) is 41.6 Å². The van der Waals surface area contributed by atoms with Crippen LogP contribution in [0.25, 0.3) is 11.5 Å². The number of aryl methyl sites for hydroxylation is 1. The van der Waals surface area contributed by atoms with Gasteiger partial charge in [-0.15, -0.1) is 0 Å². The van der Waals surface area contributed by atoms with Crippen molar-refractivity contribution < 1.29 is 12.9 Å². The number of aromatic amines is 1. The summed E-state index contributed by atoms with van der Waals surface area (Å²) in [5.74, 6) is 1.47. The zero-order chi connectivity index (χ0) is 24.4. The van der Waals surface area contributed by atoms with E-state index in [1.54, 1.807) is 30.7 Å². The Morgan fingerprint density at radius 2 is 1.83 bits per heavy atom. The average Bonchev–Trinajstić information content (AvgIpc) is 3.52. The molecule has 2 aromatic carbocycles. The highest BCUT2D eigenvalue weighted by Crippen LogP contribution is 2.38. The van der Waals surface area contributed by atoms with Crippen molar-refractivity contribution in [1.82, 2.24) is 20.1 Å². The summed E-state index contributed by atoms with van der Waals surface area (Å²) in [4.78, 5) is 14.1. The van der Waals surface area contributed by atoms with Crippen molar-refractivity contribution in [3.8, 4) is 11.5 Å². The Labute approximate surface area is 204 Å². The average molecular weight is 493 g/mol. The van der Waals surface area contributed by atoms with Crippen molar-refractivity contribution in [2.24, 2.45) is 5.92 Å². The number of nitrogens with one attached hydrogen (secondary N) is 1. The molecule has 0 spiro atoms. The molecule has 9 nitrogen and oxygen atoms in total. The monoisotopic (exact) mass is 492 g/mol. The Morgan fingerprint density at radius 3 is 2.60 bits per heavy atom.